The molecule has 4 heterocycles. The standard InChI is InChI=1S/C17H24ClN5OS/c1-12-10-24-8-7-23(12)16-15-14(19-17(18)20-16)13(11-25-15)9-22-5-3-21(2)4-6-22/h11-12H,3-10H2,1-2H3/t12-/m1/s1. The molecule has 0 aromatic carbocycles. The number of likely N-dealkylation sites (N-methyl/N-ethyl adjacent to an activating group) is 1. The lowest BCUT2D eigenvalue weighted by atomic mass is 10.2. The topological polar surface area (TPSA) is 44.7 Å². The summed E-state index contributed by atoms with van der Waals surface area (Å²) in [5.41, 5.74) is 2.27. The number of halogens is 1. The smallest absolute Gasteiger partial charge is 0.224 e. The van der Waals surface area contributed by atoms with Gasteiger partial charge in [0.05, 0.1) is 29.5 Å². The van der Waals surface area contributed by atoms with Gasteiger partial charge in [-0.3, -0.25) is 4.90 Å². The van der Waals surface area contributed by atoms with Crippen LogP contribution in [0, 0.1) is 0 Å². The van der Waals surface area contributed by atoms with Crippen molar-refractivity contribution in [1.29, 1.82) is 0 Å². The van der Waals surface area contributed by atoms with Crippen LogP contribution in [0.15, 0.2) is 5.38 Å². The predicted octanol–water partition coefficient (Wildman–Crippen LogP) is 2.32. The van der Waals surface area contributed by atoms with E-state index in [2.05, 4.69) is 44.0 Å². The van der Waals surface area contributed by atoms with Gasteiger partial charge in [0.2, 0.25) is 5.28 Å². The molecule has 2 aromatic heterocycles. The van der Waals surface area contributed by atoms with Gasteiger partial charge in [0, 0.05) is 44.8 Å². The predicted molar refractivity (Wildman–Crippen MR) is 103 cm³/mol. The van der Waals surface area contributed by atoms with Gasteiger partial charge in [-0.1, -0.05) is 0 Å². The maximum absolute atomic E-state index is 6.29. The minimum absolute atomic E-state index is 0.297. The molecule has 25 heavy (non-hydrogen) atoms. The van der Waals surface area contributed by atoms with Gasteiger partial charge in [-0.15, -0.1) is 11.3 Å². The number of hydrogen-bond acceptors (Lipinski definition) is 7. The molecule has 136 valence electrons. The molecule has 6 nitrogen and oxygen atoms in total. The van der Waals surface area contributed by atoms with E-state index in [0.29, 0.717) is 11.3 Å². The molecular weight excluding hydrogens is 358 g/mol. The average Bonchev–Trinajstić information content (AvgIpc) is 2.99. The number of piperazine rings is 1. The molecule has 0 unspecified atom stereocenters. The lowest BCUT2D eigenvalue weighted by Crippen LogP contribution is -2.44. The molecule has 0 N–H and O–H groups in total. The molecule has 0 aliphatic carbocycles. The number of thiophene rings is 1. The Morgan fingerprint density at radius 3 is 2.80 bits per heavy atom. The summed E-state index contributed by atoms with van der Waals surface area (Å²) >= 11 is 8.02. The summed E-state index contributed by atoms with van der Waals surface area (Å²) in [6.45, 7) is 9.83. The second kappa shape index (κ2) is 7.32. The van der Waals surface area contributed by atoms with Gasteiger partial charge in [-0.25, -0.2) is 4.98 Å². The lowest BCUT2D eigenvalue weighted by Gasteiger charge is -2.34. The summed E-state index contributed by atoms with van der Waals surface area (Å²) in [6, 6.07) is 0.297. The van der Waals surface area contributed by atoms with E-state index in [1.807, 2.05) is 0 Å². The molecule has 2 aromatic rings. The first-order valence-electron chi connectivity index (χ1n) is 8.80. The summed E-state index contributed by atoms with van der Waals surface area (Å²) in [6.07, 6.45) is 0. The lowest BCUT2D eigenvalue weighted by molar-refractivity contribution is 0.0987. The van der Waals surface area contributed by atoms with Crippen molar-refractivity contribution in [1.82, 2.24) is 19.8 Å². The van der Waals surface area contributed by atoms with Gasteiger partial charge in [0.25, 0.3) is 0 Å². The summed E-state index contributed by atoms with van der Waals surface area (Å²) in [7, 11) is 2.18. The zero-order valence-corrected chi connectivity index (χ0v) is 16.3. The van der Waals surface area contributed by atoms with E-state index >= 15 is 0 Å². The number of nitrogens with zero attached hydrogens (tertiary/aromatic N) is 5. The summed E-state index contributed by atoms with van der Waals surface area (Å²) in [4.78, 5) is 16.3. The Balaban J connectivity index is 1.64. The molecule has 2 saturated heterocycles. The highest BCUT2D eigenvalue weighted by atomic mass is 35.5. The van der Waals surface area contributed by atoms with Crippen molar-refractivity contribution in [2.45, 2.75) is 19.5 Å². The minimum atomic E-state index is 0.297. The highest BCUT2D eigenvalue weighted by Crippen LogP contribution is 2.35. The number of rotatable bonds is 3. The summed E-state index contributed by atoms with van der Waals surface area (Å²) in [5, 5.41) is 2.56. The third-order valence-corrected chi connectivity index (χ3v) is 6.26. The van der Waals surface area contributed by atoms with Crippen LogP contribution in [0.4, 0.5) is 5.82 Å². The van der Waals surface area contributed by atoms with Crippen molar-refractivity contribution in [3.8, 4) is 0 Å². The van der Waals surface area contributed by atoms with Gasteiger partial charge >= 0.3 is 0 Å². The van der Waals surface area contributed by atoms with Gasteiger partial charge in [0.15, 0.2) is 5.82 Å². The maximum atomic E-state index is 6.29. The number of ether oxygens (including phenoxy) is 1. The monoisotopic (exact) mass is 381 g/mol. The first kappa shape index (κ1) is 17.4. The maximum Gasteiger partial charge on any atom is 0.224 e. The van der Waals surface area contributed by atoms with Crippen LogP contribution in [0.5, 0.6) is 0 Å². The molecule has 1 atom stereocenters. The van der Waals surface area contributed by atoms with Gasteiger partial charge in [-0.2, -0.15) is 4.98 Å². The molecule has 2 aliphatic rings. The fraction of sp³-hybridized carbons (Fsp3) is 0.647. The van der Waals surface area contributed by atoms with Crippen molar-refractivity contribution >= 4 is 39.0 Å². The van der Waals surface area contributed by atoms with E-state index in [0.717, 1.165) is 68.5 Å². The third-order valence-electron chi connectivity index (χ3n) is 5.07. The van der Waals surface area contributed by atoms with Crippen LogP contribution in [0.2, 0.25) is 5.28 Å². The van der Waals surface area contributed by atoms with Crippen LogP contribution in [-0.2, 0) is 11.3 Å². The Kier molecular flexibility index (Phi) is 5.11. The van der Waals surface area contributed by atoms with Crippen LogP contribution in [-0.4, -0.2) is 78.8 Å². The minimum Gasteiger partial charge on any atom is -0.377 e. The van der Waals surface area contributed by atoms with Crippen LogP contribution < -0.4 is 4.90 Å². The van der Waals surface area contributed by atoms with Crippen molar-refractivity contribution in [2.24, 2.45) is 0 Å². The first-order valence-corrected chi connectivity index (χ1v) is 10.1. The molecule has 0 amide bonds. The highest BCUT2D eigenvalue weighted by Gasteiger charge is 2.25. The zero-order chi connectivity index (χ0) is 17.4. The van der Waals surface area contributed by atoms with E-state index in [9.17, 15) is 0 Å². The number of anilines is 1. The van der Waals surface area contributed by atoms with Crippen molar-refractivity contribution in [3.05, 3.63) is 16.2 Å². The Labute approximate surface area is 157 Å². The number of morpholine rings is 1. The number of hydrogen-bond donors (Lipinski definition) is 0. The second-order valence-electron chi connectivity index (χ2n) is 6.95. The van der Waals surface area contributed by atoms with E-state index < -0.39 is 0 Å². The number of fused-ring (bicyclic) bond motifs is 1. The fourth-order valence-electron chi connectivity index (χ4n) is 3.52. The average molecular weight is 382 g/mol. The van der Waals surface area contributed by atoms with E-state index in [1.165, 1.54) is 5.56 Å². The van der Waals surface area contributed by atoms with Crippen LogP contribution >= 0.6 is 22.9 Å². The quantitative estimate of drug-likeness (QED) is 0.760. The molecule has 8 heteroatoms. The summed E-state index contributed by atoms with van der Waals surface area (Å²) < 4.78 is 6.71. The van der Waals surface area contributed by atoms with Crippen molar-refractivity contribution in [2.75, 3.05) is 57.9 Å². The Morgan fingerprint density at radius 2 is 2.04 bits per heavy atom. The van der Waals surface area contributed by atoms with Crippen molar-refractivity contribution < 1.29 is 4.74 Å². The largest absolute Gasteiger partial charge is 0.377 e. The Hall–Kier alpha value is -0.990. The summed E-state index contributed by atoms with van der Waals surface area (Å²) in [5.74, 6) is 0.959. The highest BCUT2D eigenvalue weighted by molar-refractivity contribution is 7.18. The van der Waals surface area contributed by atoms with Gasteiger partial charge < -0.3 is 14.5 Å². The Morgan fingerprint density at radius 1 is 1.24 bits per heavy atom. The van der Waals surface area contributed by atoms with Gasteiger partial charge in [-0.05, 0) is 31.0 Å². The molecule has 2 fully saturated rings. The first-order chi connectivity index (χ1) is 12.1. The van der Waals surface area contributed by atoms with Crippen LogP contribution in [0.3, 0.4) is 0 Å². The molecule has 4 rings (SSSR count). The third kappa shape index (κ3) is 3.61. The zero-order valence-electron chi connectivity index (χ0n) is 14.7. The SMILES string of the molecule is C[C@@H]1COCCN1c1nc(Cl)nc2c(CN3CCN(C)CC3)csc12. The van der Waals surface area contributed by atoms with E-state index in [-0.39, 0.29) is 0 Å². The molecule has 0 bridgehead atoms. The molecule has 2 aliphatic heterocycles. The number of aromatic nitrogens is 2. The fourth-order valence-corrected chi connectivity index (χ4v) is 4.69. The molecule has 0 spiro atoms. The molecule has 0 saturated carbocycles. The Bertz CT molecular complexity index is 746. The van der Waals surface area contributed by atoms with Crippen molar-refractivity contribution in [3.63, 3.8) is 0 Å². The molecular formula is C17H24ClN5OS. The van der Waals surface area contributed by atoms with Crippen LogP contribution in [0.25, 0.3) is 10.2 Å². The molecule has 0 radical (unpaired) electrons. The van der Waals surface area contributed by atoms with E-state index in [1.54, 1.807) is 11.3 Å². The van der Waals surface area contributed by atoms with Gasteiger partial charge in [0.1, 0.15) is 0 Å². The van der Waals surface area contributed by atoms with E-state index in [4.69, 9.17) is 16.3 Å². The second-order valence-corrected chi connectivity index (χ2v) is 8.17. The normalized spacial score (nSPS) is 23.5. The van der Waals surface area contributed by atoms with Crippen LogP contribution in [0.1, 0.15) is 12.5 Å².